The fourth-order valence-electron chi connectivity index (χ4n) is 3.03. The SMILES string of the molecule is CN=C(NCCc1coc(-c2ccc(F)cc2)n1)NCc1ccc(C)cc1OCCOC. The number of hydrogen-bond donors (Lipinski definition) is 2. The monoisotopic (exact) mass is 440 g/mol. The van der Waals surface area contributed by atoms with E-state index in [9.17, 15) is 4.39 Å². The Bertz CT molecular complexity index is 1020. The van der Waals surface area contributed by atoms with Crippen LogP contribution in [0.3, 0.4) is 0 Å². The number of aromatic nitrogens is 1. The maximum Gasteiger partial charge on any atom is 0.226 e. The lowest BCUT2D eigenvalue weighted by Crippen LogP contribution is -2.38. The molecule has 32 heavy (non-hydrogen) atoms. The molecular formula is C24H29FN4O3. The lowest BCUT2D eigenvalue weighted by molar-refractivity contribution is 0.145. The lowest BCUT2D eigenvalue weighted by Gasteiger charge is -2.15. The number of nitrogens with one attached hydrogen (secondary N) is 2. The molecule has 0 amide bonds. The van der Waals surface area contributed by atoms with Crippen LogP contribution in [0.15, 0.2) is 58.1 Å². The van der Waals surface area contributed by atoms with Gasteiger partial charge in [0.15, 0.2) is 5.96 Å². The molecule has 0 atom stereocenters. The van der Waals surface area contributed by atoms with E-state index in [1.54, 1.807) is 32.6 Å². The van der Waals surface area contributed by atoms with Crippen LogP contribution in [0.5, 0.6) is 5.75 Å². The van der Waals surface area contributed by atoms with Crippen LogP contribution >= 0.6 is 0 Å². The Morgan fingerprint density at radius 3 is 2.69 bits per heavy atom. The molecule has 3 aromatic rings. The van der Waals surface area contributed by atoms with Crippen molar-refractivity contribution >= 4 is 5.96 Å². The smallest absolute Gasteiger partial charge is 0.226 e. The minimum absolute atomic E-state index is 0.289. The fourth-order valence-corrected chi connectivity index (χ4v) is 3.03. The van der Waals surface area contributed by atoms with Crippen LogP contribution in [-0.2, 0) is 17.7 Å². The van der Waals surface area contributed by atoms with Crippen LogP contribution in [-0.4, -0.2) is 44.9 Å². The zero-order valence-corrected chi connectivity index (χ0v) is 18.7. The standard InChI is InChI=1S/C24H29FN4O3/c1-17-4-5-19(22(14-17)31-13-12-30-3)15-28-24(26-2)27-11-10-21-16-32-23(29-21)18-6-8-20(25)9-7-18/h4-9,14,16H,10-13,15H2,1-3H3,(H2,26,27,28). The van der Waals surface area contributed by atoms with E-state index in [0.717, 1.165) is 28.1 Å². The van der Waals surface area contributed by atoms with Crippen LogP contribution in [0.4, 0.5) is 4.39 Å². The van der Waals surface area contributed by atoms with Crippen molar-refractivity contribution in [3.63, 3.8) is 0 Å². The van der Waals surface area contributed by atoms with Gasteiger partial charge in [0.25, 0.3) is 0 Å². The second-order valence-electron chi connectivity index (χ2n) is 7.21. The van der Waals surface area contributed by atoms with E-state index in [0.29, 0.717) is 44.6 Å². The van der Waals surface area contributed by atoms with Crippen LogP contribution in [0, 0.1) is 12.7 Å². The number of oxazole rings is 1. The minimum Gasteiger partial charge on any atom is -0.491 e. The first-order valence-electron chi connectivity index (χ1n) is 10.4. The van der Waals surface area contributed by atoms with Gasteiger partial charge in [-0.3, -0.25) is 4.99 Å². The number of methoxy groups -OCH3 is 1. The molecule has 2 aromatic carbocycles. The number of aliphatic imine (C=N–C) groups is 1. The molecule has 1 aromatic heterocycles. The Kier molecular flexibility index (Phi) is 8.62. The number of rotatable bonds is 10. The summed E-state index contributed by atoms with van der Waals surface area (Å²) < 4.78 is 29.5. The van der Waals surface area contributed by atoms with Gasteiger partial charge in [0, 0.05) is 44.8 Å². The van der Waals surface area contributed by atoms with Crippen molar-refractivity contribution in [2.75, 3.05) is 33.9 Å². The summed E-state index contributed by atoms with van der Waals surface area (Å²) in [6, 6.07) is 12.2. The molecule has 8 heteroatoms. The maximum atomic E-state index is 13.1. The highest BCUT2D eigenvalue weighted by Gasteiger charge is 2.09. The van der Waals surface area contributed by atoms with Crippen molar-refractivity contribution in [2.45, 2.75) is 19.9 Å². The number of ether oxygens (including phenoxy) is 2. The molecule has 0 bridgehead atoms. The van der Waals surface area contributed by atoms with Gasteiger partial charge in [-0.15, -0.1) is 0 Å². The quantitative estimate of drug-likeness (QED) is 0.284. The predicted molar refractivity (Wildman–Crippen MR) is 122 cm³/mol. The average Bonchev–Trinajstić information content (AvgIpc) is 3.26. The maximum absolute atomic E-state index is 13.1. The molecular weight excluding hydrogens is 411 g/mol. The van der Waals surface area contributed by atoms with E-state index in [2.05, 4.69) is 26.7 Å². The van der Waals surface area contributed by atoms with Gasteiger partial charge in [-0.05, 0) is 42.8 Å². The van der Waals surface area contributed by atoms with Crippen molar-refractivity contribution in [1.29, 1.82) is 0 Å². The second kappa shape index (κ2) is 11.9. The number of nitrogens with zero attached hydrogens (tertiary/aromatic N) is 2. The average molecular weight is 441 g/mol. The van der Waals surface area contributed by atoms with Gasteiger partial charge in [-0.25, -0.2) is 9.37 Å². The van der Waals surface area contributed by atoms with Crippen LogP contribution in [0.1, 0.15) is 16.8 Å². The van der Waals surface area contributed by atoms with Gasteiger partial charge in [0.1, 0.15) is 24.4 Å². The largest absolute Gasteiger partial charge is 0.491 e. The minimum atomic E-state index is -0.289. The van der Waals surface area contributed by atoms with E-state index >= 15 is 0 Å². The molecule has 0 aliphatic rings. The van der Waals surface area contributed by atoms with Crippen molar-refractivity contribution in [1.82, 2.24) is 15.6 Å². The topological polar surface area (TPSA) is 80.9 Å². The Hall–Kier alpha value is -3.39. The van der Waals surface area contributed by atoms with Gasteiger partial charge < -0.3 is 24.5 Å². The molecule has 0 fully saturated rings. The highest BCUT2D eigenvalue weighted by molar-refractivity contribution is 5.79. The first-order valence-corrected chi connectivity index (χ1v) is 10.4. The first-order chi connectivity index (χ1) is 15.6. The number of halogens is 1. The Morgan fingerprint density at radius 2 is 1.94 bits per heavy atom. The van der Waals surface area contributed by atoms with E-state index in [1.165, 1.54) is 12.1 Å². The first kappa shape index (κ1) is 23.3. The second-order valence-corrected chi connectivity index (χ2v) is 7.21. The Morgan fingerprint density at radius 1 is 1.12 bits per heavy atom. The molecule has 0 aliphatic carbocycles. The normalized spacial score (nSPS) is 11.4. The number of aryl methyl sites for hydroxylation is 1. The molecule has 7 nitrogen and oxygen atoms in total. The third kappa shape index (κ3) is 6.81. The van der Waals surface area contributed by atoms with Crippen LogP contribution < -0.4 is 15.4 Å². The third-order valence-corrected chi connectivity index (χ3v) is 4.75. The summed E-state index contributed by atoms with van der Waals surface area (Å²) in [6.07, 6.45) is 2.27. The highest BCUT2D eigenvalue weighted by atomic mass is 19.1. The number of benzene rings is 2. The molecule has 0 spiro atoms. The van der Waals surface area contributed by atoms with Crippen molar-refractivity contribution < 1.29 is 18.3 Å². The molecule has 0 radical (unpaired) electrons. The zero-order chi connectivity index (χ0) is 22.8. The summed E-state index contributed by atoms with van der Waals surface area (Å²) >= 11 is 0. The summed E-state index contributed by atoms with van der Waals surface area (Å²) in [4.78, 5) is 8.74. The summed E-state index contributed by atoms with van der Waals surface area (Å²) in [5.74, 6) is 1.70. The summed E-state index contributed by atoms with van der Waals surface area (Å²) in [6.45, 7) is 4.26. The van der Waals surface area contributed by atoms with Gasteiger partial charge in [0.05, 0.1) is 12.3 Å². The molecule has 1 heterocycles. The third-order valence-electron chi connectivity index (χ3n) is 4.75. The molecule has 170 valence electrons. The summed E-state index contributed by atoms with van der Waals surface area (Å²) in [5, 5.41) is 6.58. The fraction of sp³-hybridized carbons (Fsp3) is 0.333. The number of guanidine groups is 1. The van der Waals surface area contributed by atoms with E-state index < -0.39 is 0 Å². The van der Waals surface area contributed by atoms with E-state index in [-0.39, 0.29) is 5.82 Å². The van der Waals surface area contributed by atoms with E-state index in [1.807, 2.05) is 19.1 Å². The van der Waals surface area contributed by atoms with Crippen molar-refractivity contribution in [2.24, 2.45) is 4.99 Å². The van der Waals surface area contributed by atoms with Gasteiger partial charge >= 0.3 is 0 Å². The molecule has 0 unspecified atom stereocenters. The molecule has 2 N–H and O–H groups in total. The van der Waals surface area contributed by atoms with E-state index in [4.69, 9.17) is 13.9 Å². The lowest BCUT2D eigenvalue weighted by atomic mass is 10.1. The highest BCUT2D eigenvalue weighted by Crippen LogP contribution is 2.21. The number of hydrogen-bond acceptors (Lipinski definition) is 5. The van der Waals surface area contributed by atoms with Crippen molar-refractivity contribution in [3.05, 3.63) is 71.4 Å². The molecule has 0 saturated carbocycles. The Balaban J connectivity index is 1.49. The molecule has 0 aliphatic heterocycles. The molecule has 0 saturated heterocycles. The summed E-state index contributed by atoms with van der Waals surface area (Å²) in [7, 11) is 3.38. The zero-order valence-electron chi connectivity index (χ0n) is 18.7. The Labute approximate surface area is 187 Å². The van der Waals surface area contributed by atoms with Crippen LogP contribution in [0.25, 0.3) is 11.5 Å². The predicted octanol–water partition coefficient (Wildman–Crippen LogP) is 3.72. The van der Waals surface area contributed by atoms with Gasteiger partial charge in [-0.1, -0.05) is 12.1 Å². The van der Waals surface area contributed by atoms with Gasteiger partial charge in [0.2, 0.25) is 5.89 Å². The summed E-state index contributed by atoms with van der Waals surface area (Å²) in [5.41, 5.74) is 3.72. The van der Waals surface area contributed by atoms with Gasteiger partial charge in [-0.2, -0.15) is 0 Å². The van der Waals surface area contributed by atoms with Crippen molar-refractivity contribution in [3.8, 4) is 17.2 Å². The molecule has 3 rings (SSSR count). The van der Waals surface area contributed by atoms with Crippen LogP contribution in [0.2, 0.25) is 0 Å².